The lowest BCUT2D eigenvalue weighted by molar-refractivity contribution is -0.137. The van der Waals surface area contributed by atoms with Crippen molar-refractivity contribution in [3.05, 3.63) is 53.6 Å². The van der Waals surface area contributed by atoms with Crippen LogP contribution in [0.15, 0.2) is 42.5 Å². The number of aryl methyl sites for hydroxylation is 1. The van der Waals surface area contributed by atoms with Crippen LogP contribution < -0.4 is 15.0 Å². The predicted octanol–water partition coefficient (Wildman–Crippen LogP) is 4.10. The normalized spacial score (nSPS) is 11.1. The molecule has 0 saturated carbocycles. The zero-order valence-electron chi connectivity index (χ0n) is 14.1. The largest absolute Gasteiger partial charge is 0.484 e. The first-order chi connectivity index (χ1) is 11.7. The second kappa shape index (κ2) is 7.46. The summed E-state index contributed by atoms with van der Waals surface area (Å²) in [5.74, 6) is -0.182. The van der Waals surface area contributed by atoms with Crippen LogP contribution in [0.3, 0.4) is 0 Å². The van der Waals surface area contributed by atoms with Crippen molar-refractivity contribution in [3.63, 3.8) is 0 Å². The highest BCUT2D eigenvalue weighted by atomic mass is 19.4. The van der Waals surface area contributed by atoms with Crippen LogP contribution in [0.4, 0.5) is 24.5 Å². The van der Waals surface area contributed by atoms with E-state index in [4.69, 9.17) is 4.74 Å². The van der Waals surface area contributed by atoms with Crippen LogP contribution in [0.2, 0.25) is 0 Å². The number of carbonyl (C=O) groups is 1. The molecule has 4 nitrogen and oxygen atoms in total. The van der Waals surface area contributed by atoms with Crippen molar-refractivity contribution in [1.82, 2.24) is 0 Å². The number of alkyl halides is 3. The van der Waals surface area contributed by atoms with E-state index in [-0.39, 0.29) is 12.3 Å². The Morgan fingerprint density at radius 1 is 1.16 bits per heavy atom. The minimum Gasteiger partial charge on any atom is -0.484 e. The first-order valence-corrected chi connectivity index (χ1v) is 7.54. The van der Waals surface area contributed by atoms with Crippen LogP contribution >= 0.6 is 0 Å². The summed E-state index contributed by atoms with van der Waals surface area (Å²) < 4.78 is 45.0. The van der Waals surface area contributed by atoms with Gasteiger partial charge in [-0.2, -0.15) is 13.2 Å². The summed E-state index contributed by atoms with van der Waals surface area (Å²) in [6.07, 6.45) is -4.58. The van der Waals surface area contributed by atoms with E-state index in [1.165, 1.54) is 12.1 Å². The molecule has 0 heterocycles. The van der Waals surface area contributed by atoms with Crippen molar-refractivity contribution in [2.24, 2.45) is 0 Å². The fourth-order valence-corrected chi connectivity index (χ4v) is 2.19. The molecule has 25 heavy (non-hydrogen) atoms. The molecule has 0 aliphatic carbocycles. The van der Waals surface area contributed by atoms with Gasteiger partial charge in [-0.1, -0.05) is 12.1 Å². The Morgan fingerprint density at radius 3 is 2.48 bits per heavy atom. The van der Waals surface area contributed by atoms with Gasteiger partial charge in [-0.3, -0.25) is 4.79 Å². The molecule has 2 aromatic rings. The monoisotopic (exact) mass is 352 g/mol. The summed E-state index contributed by atoms with van der Waals surface area (Å²) in [7, 11) is 3.28. The number of halogens is 3. The number of amides is 1. The van der Waals surface area contributed by atoms with Gasteiger partial charge in [-0.05, 0) is 42.8 Å². The number of rotatable bonds is 5. The Hall–Kier alpha value is -2.70. The first-order valence-electron chi connectivity index (χ1n) is 7.54. The fraction of sp³-hybridized carbons (Fsp3) is 0.278. The van der Waals surface area contributed by atoms with Crippen LogP contribution in [-0.4, -0.2) is 26.6 Å². The topological polar surface area (TPSA) is 41.6 Å². The van der Waals surface area contributed by atoms with E-state index < -0.39 is 17.6 Å². The molecule has 134 valence electrons. The molecule has 0 aliphatic heterocycles. The van der Waals surface area contributed by atoms with E-state index in [1.54, 1.807) is 37.2 Å². The van der Waals surface area contributed by atoms with Crippen molar-refractivity contribution in [2.75, 3.05) is 30.9 Å². The smallest absolute Gasteiger partial charge is 0.418 e. The van der Waals surface area contributed by atoms with Crippen molar-refractivity contribution >= 4 is 17.3 Å². The van der Waals surface area contributed by atoms with E-state index in [9.17, 15) is 18.0 Å². The molecular formula is C18H19F3N2O2. The Balaban J connectivity index is 2.11. The Bertz CT molecular complexity index is 758. The maximum absolute atomic E-state index is 13.2. The number of benzene rings is 2. The Labute approximate surface area is 144 Å². The van der Waals surface area contributed by atoms with Gasteiger partial charge in [0.2, 0.25) is 0 Å². The molecule has 0 radical (unpaired) electrons. The van der Waals surface area contributed by atoms with E-state index in [0.29, 0.717) is 11.4 Å². The quantitative estimate of drug-likeness (QED) is 0.881. The third-order valence-corrected chi connectivity index (χ3v) is 3.46. The number of anilines is 2. The summed E-state index contributed by atoms with van der Waals surface area (Å²) in [5, 5.41) is 2.27. The van der Waals surface area contributed by atoms with Gasteiger partial charge in [-0.25, -0.2) is 0 Å². The van der Waals surface area contributed by atoms with Crippen molar-refractivity contribution in [2.45, 2.75) is 13.1 Å². The molecule has 0 saturated heterocycles. The van der Waals surface area contributed by atoms with E-state index >= 15 is 0 Å². The average Bonchev–Trinajstić information content (AvgIpc) is 2.52. The SMILES string of the molecule is Cc1cccc(OCC(=O)Nc2ccc(N(C)C)cc2C(F)(F)F)c1. The second-order valence-corrected chi connectivity index (χ2v) is 5.78. The van der Waals surface area contributed by atoms with Crippen LogP contribution in [0.5, 0.6) is 5.75 Å². The van der Waals surface area contributed by atoms with Crippen LogP contribution in [0, 0.1) is 6.92 Å². The minimum absolute atomic E-state index is 0.295. The Kier molecular flexibility index (Phi) is 5.56. The molecule has 0 unspecified atom stereocenters. The molecule has 1 N–H and O–H groups in total. The number of nitrogens with one attached hydrogen (secondary N) is 1. The highest BCUT2D eigenvalue weighted by Gasteiger charge is 2.34. The molecule has 2 rings (SSSR count). The summed E-state index contributed by atoms with van der Waals surface area (Å²) in [4.78, 5) is 13.5. The molecule has 0 fully saturated rings. The lowest BCUT2D eigenvalue weighted by Crippen LogP contribution is -2.22. The van der Waals surface area contributed by atoms with Crippen molar-refractivity contribution in [3.8, 4) is 5.75 Å². The molecule has 0 aliphatic rings. The summed E-state index contributed by atoms with van der Waals surface area (Å²) in [5.41, 5.74) is 0.149. The maximum atomic E-state index is 13.2. The third kappa shape index (κ3) is 5.14. The number of hydrogen-bond donors (Lipinski definition) is 1. The van der Waals surface area contributed by atoms with Gasteiger partial charge in [-0.15, -0.1) is 0 Å². The van der Waals surface area contributed by atoms with E-state index in [2.05, 4.69) is 5.32 Å². The molecule has 2 aromatic carbocycles. The standard InChI is InChI=1S/C18H19F3N2O2/c1-12-5-4-6-14(9-12)25-11-17(24)22-16-8-7-13(23(2)3)10-15(16)18(19,20)21/h4-10H,11H2,1-3H3,(H,22,24). The van der Waals surface area contributed by atoms with Gasteiger partial charge in [0.25, 0.3) is 5.91 Å². The maximum Gasteiger partial charge on any atom is 0.418 e. The number of hydrogen-bond acceptors (Lipinski definition) is 3. The van der Waals surface area contributed by atoms with Gasteiger partial charge < -0.3 is 15.0 Å². The predicted molar refractivity (Wildman–Crippen MR) is 91.1 cm³/mol. The lowest BCUT2D eigenvalue weighted by Gasteiger charge is -2.18. The number of ether oxygens (including phenoxy) is 1. The van der Waals surface area contributed by atoms with E-state index in [0.717, 1.165) is 11.6 Å². The summed E-state index contributed by atoms with van der Waals surface area (Å²) >= 11 is 0. The highest BCUT2D eigenvalue weighted by Crippen LogP contribution is 2.37. The summed E-state index contributed by atoms with van der Waals surface area (Å²) in [6.45, 7) is 1.49. The zero-order chi connectivity index (χ0) is 18.6. The molecule has 0 aromatic heterocycles. The van der Waals surface area contributed by atoms with Crippen LogP contribution in [-0.2, 0) is 11.0 Å². The second-order valence-electron chi connectivity index (χ2n) is 5.78. The van der Waals surface area contributed by atoms with Crippen molar-refractivity contribution in [1.29, 1.82) is 0 Å². The molecule has 0 bridgehead atoms. The molecular weight excluding hydrogens is 333 g/mol. The van der Waals surface area contributed by atoms with E-state index in [1.807, 2.05) is 13.0 Å². The fourth-order valence-electron chi connectivity index (χ4n) is 2.19. The Morgan fingerprint density at radius 2 is 1.88 bits per heavy atom. The average molecular weight is 352 g/mol. The van der Waals surface area contributed by atoms with Gasteiger partial charge >= 0.3 is 6.18 Å². The number of carbonyl (C=O) groups excluding carboxylic acids is 1. The van der Waals surface area contributed by atoms with Gasteiger partial charge in [0.1, 0.15) is 5.75 Å². The third-order valence-electron chi connectivity index (χ3n) is 3.46. The van der Waals surface area contributed by atoms with Gasteiger partial charge in [0, 0.05) is 19.8 Å². The van der Waals surface area contributed by atoms with Crippen LogP contribution in [0.1, 0.15) is 11.1 Å². The minimum atomic E-state index is -4.58. The van der Waals surface area contributed by atoms with Gasteiger partial charge in [0.05, 0.1) is 11.3 Å². The molecule has 0 atom stereocenters. The zero-order valence-corrected chi connectivity index (χ0v) is 14.1. The molecule has 1 amide bonds. The lowest BCUT2D eigenvalue weighted by atomic mass is 10.1. The molecule has 7 heteroatoms. The van der Waals surface area contributed by atoms with Gasteiger partial charge in [0.15, 0.2) is 6.61 Å². The number of nitrogens with zero attached hydrogens (tertiary/aromatic N) is 1. The highest BCUT2D eigenvalue weighted by molar-refractivity contribution is 5.93. The summed E-state index contributed by atoms with van der Waals surface area (Å²) in [6, 6.07) is 10.8. The first kappa shape index (κ1) is 18.6. The molecule has 0 spiro atoms. The van der Waals surface area contributed by atoms with Crippen molar-refractivity contribution < 1.29 is 22.7 Å². The van der Waals surface area contributed by atoms with Crippen LogP contribution in [0.25, 0.3) is 0 Å².